The first-order chi connectivity index (χ1) is 23.4. The van der Waals surface area contributed by atoms with Crippen molar-refractivity contribution < 1.29 is 31.9 Å². The van der Waals surface area contributed by atoms with Gasteiger partial charge in [-0.25, -0.2) is 17.2 Å². The lowest BCUT2D eigenvalue weighted by Crippen LogP contribution is -2.59. The molecule has 3 aromatic carbocycles. The zero-order valence-electron chi connectivity index (χ0n) is 29.7. The van der Waals surface area contributed by atoms with Crippen LogP contribution in [-0.2, 0) is 31.6 Å². The minimum Gasteiger partial charge on any atom is -0.390 e. The van der Waals surface area contributed by atoms with E-state index in [9.17, 15) is 31.9 Å². The summed E-state index contributed by atoms with van der Waals surface area (Å²) in [5, 5.41) is 20.5. The first-order valence-corrected chi connectivity index (χ1v) is 18.4. The Morgan fingerprint density at radius 2 is 1.52 bits per heavy atom. The van der Waals surface area contributed by atoms with Gasteiger partial charge < -0.3 is 15.7 Å². The summed E-state index contributed by atoms with van der Waals surface area (Å²) >= 11 is 0. The average molecular weight is 713 g/mol. The van der Waals surface area contributed by atoms with E-state index in [4.69, 9.17) is 0 Å². The molecule has 1 fully saturated rings. The monoisotopic (exact) mass is 712 g/mol. The second kappa shape index (κ2) is 16.1. The Labute approximate surface area is 294 Å². The van der Waals surface area contributed by atoms with Crippen molar-refractivity contribution in [2.45, 2.75) is 89.4 Å². The highest BCUT2D eigenvalue weighted by atomic mass is 32.2. The Kier molecular flexibility index (Phi) is 12.6. The highest BCUT2D eigenvalue weighted by molar-refractivity contribution is 7.89. The number of hydrogen-bond acceptors (Lipinski definition) is 6. The van der Waals surface area contributed by atoms with Crippen molar-refractivity contribution in [3.63, 3.8) is 0 Å². The van der Waals surface area contributed by atoms with E-state index in [2.05, 4.69) is 16.0 Å². The minimum atomic E-state index is -3.98. The third-order valence-corrected chi connectivity index (χ3v) is 10.7. The molecule has 3 aromatic rings. The van der Waals surface area contributed by atoms with Gasteiger partial charge in [0, 0.05) is 24.7 Å². The van der Waals surface area contributed by atoms with E-state index in [0.29, 0.717) is 18.4 Å². The summed E-state index contributed by atoms with van der Waals surface area (Å²) in [7, 11) is -3.98. The average Bonchev–Trinajstić information content (AvgIpc) is 3.83. The van der Waals surface area contributed by atoms with Crippen molar-refractivity contribution in [1.29, 1.82) is 0 Å². The molecule has 4 N–H and O–H groups in total. The van der Waals surface area contributed by atoms with E-state index in [-0.39, 0.29) is 36.9 Å². The molecule has 4 rings (SSSR count). The lowest BCUT2D eigenvalue weighted by molar-refractivity contribution is -0.132. The minimum absolute atomic E-state index is 0.0478. The molecule has 272 valence electrons. The van der Waals surface area contributed by atoms with Gasteiger partial charge in [-0.2, -0.15) is 4.31 Å². The van der Waals surface area contributed by atoms with E-state index >= 15 is 0 Å². The lowest BCUT2D eigenvalue weighted by Gasteiger charge is -2.34. The first-order valence-electron chi connectivity index (χ1n) is 17.0. The molecule has 0 radical (unpaired) electrons. The molecule has 1 saturated carbocycles. The summed E-state index contributed by atoms with van der Waals surface area (Å²) in [6, 6.07) is 17.1. The van der Waals surface area contributed by atoms with Gasteiger partial charge in [0.25, 0.3) is 0 Å². The number of halogens is 2. The number of benzene rings is 3. The van der Waals surface area contributed by atoms with Gasteiger partial charge in [-0.15, -0.1) is 0 Å². The van der Waals surface area contributed by atoms with Crippen LogP contribution in [0.5, 0.6) is 0 Å². The van der Waals surface area contributed by atoms with Crippen LogP contribution in [0.3, 0.4) is 0 Å². The van der Waals surface area contributed by atoms with Crippen LogP contribution < -0.4 is 16.0 Å². The van der Waals surface area contributed by atoms with Crippen molar-refractivity contribution in [2.75, 3.05) is 19.6 Å². The van der Waals surface area contributed by atoms with Gasteiger partial charge in [0.2, 0.25) is 21.8 Å². The van der Waals surface area contributed by atoms with Gasteiger partial charge in [0.15, 0.2) is 0 Å². The van der Waals surface area contributed by atoms with Crippen LogP contribution >= 0.6 is 0 Å². The van der Waals surface area contributed by atoms with E-state index in [1.54, 1.807) is 45.0 Å². The molecule has 3 atom stereocenters. The normalized spacial score (nSPS) is 16.1. The van der Waals surface area contributed by atoms with Gasteiger partial charge in [-0.05, 0) is 72.9 Å². The number of carbonyl (C=O) groups excluding carboxylic acids is 2. The number of rotatable bonds is 16. The molecule has 0 aliphatic heterocycles. The SMILES string of the molecule is Cc1ccc(S(=O)(=O)N(CC(C)C)CC(O)C(Cc2ccccc2)NC(=O)C(NC(=O)CNC2(c3cc(F)cc(F)c3)CC2)C(C)(C)C)cc1. The number of nitrogens with zero attached hydrogens (tertiary/aromatic N) is 1. The molecule has 9 nitrogen and oxygen atoms in total. The van der Waals surface area contributed by atoms with E-state index in [0.717, 1.165) is 17.2 Å². The van der Waals surface area contributed by atoms with Crippen LogP contribution in [0.2, 0.25) is 0 Å². The molecule has 0 spiro atoms. The van der Waals surface area contributed by atoms with Crippen molar-refractivity contribution in [2.24, 2.45) is 11.3 Å². The molecule has 1 aliphatic rings. The third kappa shape index (κ3) is 10.4. The largest absolute Gasteiger partial charge is 0.390 e. The summed E-state index contributed by atoms with van der Waals surface area (Å²) < 4.78 is 56.6. The van der Waals surface area contributed by atoms with Crippen LogP contribution in [-0.4, -0.2) is 67.5 Å². The fourth-order valence-electron chi connectivity index (χ4n) is 5.95. The lowest BCUT2D eigenvalue weighted by atomic mass is 9.85. The van der Waals surface area contributed by atoms with Crippen molar-refractivity contribution in [3.8, 4) is 0 Å². The molecule has 0 bridgehead atoms. The zero-order chi connectivity index (χ0) is 36.9. The number of aliphatic hydroxyl groups excluding tert-OH is 1. The molecule has 50 heavy (non-hydrogen) atoms. The predicted molar refractivity (Wildman–Crippen MR) is 190 cm³/mol. The van der Waals surface area contributed by atoms with Crippen LogP contribution in [0.25, 0.3) is 0 Å². The van der Waals surface area contributed by atoms with Crippen LogP contribution in [0, 0.1) is 29.9 Å². The van der Waals surface area contributed by atoms with E-state index in [1.807, 2.05) is 51.1 Å². The molecule has 0 saturated heterocycles. The first kappa shape index (κ1) is 39.1. The highest BCUT2D eigenvalue weighted by Crippen LogP contribution is 2.45. The van der Waals surface area contributed by atoms with E-state index in [1.165, 1.54) is 16.4 Å². The summed E-state index contributed by atoms with van der Waals surface area (Å²) in [6.45, 7) is 10.7. The van der Waals surface area contributed by atoms with Gasteiger partial charge in [-0.1, -0.05) is 82.6 Å². The highest BCUT2D eigenvalue weighted by Gasteiger charge is 2.45. The van der Waals surface area contributed by atoms with Gasteiger partial charge in [0.1, 0.15) is 17.7 Å². The van der Waals surface area contributed by atoms with Gasteiger partial charge >= 0.3 is 0 Å². The predicted octanol–water partition coefficient (Wildman–Crippen LogP) is 4.82. The Hall–Kier alpha value is -3.71. The van der Waals surface area contributed by atoms with Crippen molar-refractivity contribution in [3.05, 3.63) is 101 Å². The van der Waals surface area contributed by atoms with Gasteiger partial charge in [0.05, 0.1) is 23.6 Å². The molecule has 1 aliphatic carbocycles. The zero-order valence-corrected chi connectivity index (χ0v) is 30.5. The third-order valence-electron chi connectivity index (χ3n) is 8.89. The number of hydrogen-bond donors (Lipinski definition) is 4. The Balaban J connectivity index is 1.52. The van der Waals surface area contributed by atoms with Crippen molar-refractivity contribution in [1.82, 2.24) is 20.3 Å². The van der Waals surface area contributed by atoms with Crippen LogP contribution in [0.4, 0.5) is 8.78 Å². The number of carbonyl (C=O) groups is 2. The quantitative estimate of drug-likeness (QED) is 0.169. The van der Waals surface area contributed by atoms with Crippen LogP contribution in [0.15, 0.2) is 77.7 Å². The molecule has 2 amide bonds. The maximum absolute atomic E-state index is 14.0. The second-order valence-corrected chi connectivity index (χ2v) is 16.8. The molecular formula is C38H50F2N4O5S. The topological polar surface area (TPSA) is 128 Å². The maximum atomic E-state index is 14.0. The smallest absolute Gasteiger partial charge is 0.243 e. The Bertz CT molecular complexity index is 1710. The Morgan fingerprint density at radius 3 is 2.06 bits per heavy atom. The summed E-state index contributed by atoms with van der Waals surface area (Å²) in [4.78, 5) is 27.3. The fraction of sp³-hybridized carbons (Fsp3) is 0.474. The molecule has 12 heteroatoms. The molecule has 0 aromatic heterocycles. The Morgan fingerprint density at radius 1 is 0.920 bits per heavy atom. The summed E-state index contributed by atoms with van der Waals surface area (Å²) in [6.07, 6.45) is 0.0857. The number of aryl methyl sites for hydroxylation is 1. The summed E-state index contributed by atoms with van der Waals surface area (Å²) in [5.74, 6) is -2.48. The number of nitrogens with one attached hydrogen (secondary N) is 3. The number of aliphatic hydroxyl groups is 1. The standard InChI is InChI=1S/C38H50F2N4O5S/c1-25(2)23-44(50(48,49)31-14-12-26(3)13-15-31)24-33(45)32(18-27-10-8-7-9-11-27)42-36(47)35(37(4,5)6)43-34(46)22-41-38(16-17-38)28-19-29(39)21-30(40)20-28/h7-15,19-21,25,32-33,35,41,45H,16-18,22-24H2,1-6H3,(H,42,47)(H,43,46). The molecule has 3 unspecified atom stereocenters. The molecular weight excluding hydrogens is 663 g/mol. The maximum Gasteiger partial charge on any atom is 0.243 e. The van der Waals surface area contributed by atoms with Crippen LogP contribution in [0.1, 0.15) is 64.2 Å². The molecule has 0 heterocycles. The number of sulfonamides is 1. The fourth-order valence-corrected chi connectivity index (χ4v) is 7.57. The van der Waals surface area contributed by atoms with E-state index < -0.39 is 62.6 Å². The van der Waals surface area contributed by atoms with Crippen molar-refractivity contribution >= 4 is 21.8 Å². The second-order valence-electron chi connectivity index (χ2n) is 14.9. The summed E-state index contributed by atoms with van der Waals surface area (Å²) in [5.41, 5.74) is 0.657. The van der Waals surface area contributed by atoms with Gasteiger partial charge in [-0.3, -0.25) is 14.9 Å². The number of amides is 2.